The summed E-state index contributed by atoms with van der Waals surface area (Å²) in [6.45, 7) is 2.51. The minimum absolute atomic E-state index is 0.0902. The van der Waals surface area contributed by atoms with Crippen molar-refractivity contribution in [1.29, 1.82) is 0 Å². The molecule has 1 amide bonds. The smallest absolute Gasteiger partial charge is 0.259 e. The van der Waals surface area contributed by atoms with Gasteiger partial charge in [-0.3, -0.25) is 9.78 Å². The van der Waals surface area contributed by atoms with E-state index in [1.807, 2.05) is 25.1 Å². The first-order chi connectivity index (χ1) is 14.2. The Balaban J connectivity index is 1.48. The van der Waals surface area contributed by atoms with Crippen LogP contribution in [0.3, 0.4) is 0 Å². The van der Waals surface area contributed by atoms with Crippen LogP contribution >= 0.6 is 0 Å². The lowest BCUT2D eigenvalue weighted by molar-refractivity contribution is 0.0953. The highest BCUT2D eigenvalue weighted by molar-refractivity contribution is 6.07. The van der Waals surface area contributed by atoms with Gasteiger partial charge in [0.25, 0.3) is 11.6 Å². The molecule has 0 bridgehead atoms. The maximum atomic E-state index is 13.2. The summed E-state index contributed by atoms with van der Waals surface area (Å²) in [5, 5.41) is 7.94. The summed E-state index contributed by atoms with van der Waals surface area (Å²) in [6.07, 6.45) is 5.44. The molecule has 0 aliphatic heterocycles. The monoisotopic (exact) mass is 388 g/mol. The molecule has 1 unspecified atom stereocenters. The number of nitrogens with one attached hydrogen (secondary N) is 1. The number of nitrogens with zero attached hydrogens (tertiary/aromatic N) is 3. The Labute approximate surface area is 167 Å². The van der Waals surface area contributed by atoms with E-state index in [9.17, 15) is 4.79 Å². The molecule has 1 aliphatic carbocycles. The molecule has 146 valence electrons. The molecule has 0 spiro atoms. The van der Waals surface area contributed by atoms with E-state index in [0.717, 1.165) is 24.2 Å². The van der Waals surface area contributed by atoms with Crippen molar-refractivity contribution in [2.45, 2.75) is 31.6 Å². The minimum Gasteiger partial charge on any atom is -0.463 e. The van der Waals surface area contributed by atoms with E-state index in [0.29, 0.717) is 40.6 Å². The zero-order chi connectivity index (χ0) is 19.8. The number of amides is 1. The normalized spacial score (nSPS) is 14.8. The molecular weight excluding hydrogens is 368 g/mol. The van der Waals surface area contributed by atoms with Crippen molar-refractivity contribution in [2.24, 2.45) is 0 Å². The molecular formula is C22H20N4O3. The average molecular weight is 388 g/mol. The number of hydrogen-bond acceptors (Lipinski definition) is 6. The van der Waals surface area contributed by atoms with Crippen LogP contribution in [0.15, 0.2) is 57.8 Å². The van der Waals surface area contributed by atoms with Gasteiger partial charge in [-0.05, 0) is 43.2 Å². The van der Waals surface area contributed by atoms with Crippen LogP contribution < -0.4 is 5.32 Å². The van der Waals surface area contributed by atoms with Crippen LogP contribution in [0.4, 0.5) is 0 Å². The van der Waals surface area contributed by atoms with Gasteiger partial charge < -0.3 is 14.3 Å². The highest BCUT2D eigenvalue weighted by atomic mass is 16.5. The van der Waals surface area contributed by atoms with Gasteiger partial charge in [0, 0.05) is 30.3 Å². The highest BCUT2D eigenvalue weighted by Gasteiger charge is 2.32. The second-order valence-corrected chi connectivity index (χ2v) is 7.42. The molecule has 7 heteroatoms. The Kier molecular flexibility index (Phi) is 4.35. The van der Waals surface area contributed by atoms with E-state index >= 15 is 0 Å². The van der Waals surface area contributed by atoms with E-state index in [-0.39, 0.29) is 11.8 Å². The first-order valence-electron chi connectivity index (χ1n) is 9.74. The summed E-state index contributed by atoms with van der Waals surface area (Å²) in [4.78, 5) is 22.0. The van der Waals surface area contributed by atoms with Crippen LogP contribution in [0.5, 0.6) is 0 Å². The molecule has 7 nitrogen and oxygen atoms in total. The third-order valence-corrected chi connectivity index (χ3v) is 5.22. The summed E-state index contributed by atoms with van der Waals surface area (Å²) >= 11 is 0. The number of pyridine rings is 2. The van der Waals surface area contributed by atoms with Crippen molar-refractivity contribution in [1.82, 2.24) is 20.4 Å². The van der Waals surface area contributed by atoms with E-state index < -0.39 is 0 Å². The molecule has 0 saturated heterocycles. The molecule has 0 aromatic carbocycles. The average Bonchev–Trinajstić information content (AvgIpc) is 3.27. The van der Waals surface area contributed by atoms with Gasteiger partial charge in [-0.1, -0.05) is 18.1 Å². The number of hydrogen-bond donors (Lipinski definition) is 1. The summed E-state index contributed by atoms with van der Waals surface area (Å²) < 4.78 is 10.9. The summed E-state index contributed by atoms with van der Waals surface area (Å²) in [6, 6.07) is 11.1. The summed E-state index contributed by atoms with van der Waals surface area (Å²) in [7, 11) is 0. The van der Waals surface area contributed by atoms with Gasteiger partial charge in [-0.2, -0.15) is 0 Å². The van der Waals surface area contributed by atoms with Gasteiger partial charge in [0.05, 0.1) is 22.9 Å². The van der Waals surface area contributed by atoms with Crippen molar-refractivity contribution < 1.29 is 13.7 Å². The molecule has 0 radical (unpaired) electrons. The lowest BCUT2D eigenvalue weighted by Gasteiger charge is -2.13. The number of furan rings is 1. The Morgan fingerprint density at radius 1 is 1.28 bits per heavy atom. The van der Waals surface area contributed by atoms with Gasteiger partial charge in [-0.25, -0.2) is 4.98 Å². The number of aromatic nitrogens is 3. The topological polar surface area (TPSA) is 94.1 Å². The van der Waals surface area contributed by atoms with Crippen LogP contribution in [-0.4, -0.2) is 27.6 Å². The summed E-state index contributed by atoms with van der Waals surface area (Å²) in [5.74, 6) is 0.823. The number of carbonyl (C=O) groups is 1. The fourth-order valence-corrected chi connectivity index (χ4v) is 3.45. The highest BCUT2D eigenvalue weighted by Crippen LogP contribution is 2.43. The van der Waals surface area contributed by atoms with Gasteiger partial charge in [-0.15, -0.1) is 0 Å². The van der Waals surface area contributed by atoms with Crippen LogP contribution in [0, 0.1) is 0 Å². The third-order valence-electron chi connectivity index (χ3n) is 5.22. The molecule has 4 aromatic heterocycles. The van der Waals surface area contributed by atoms with Gasteiger partial charge >= 0.3 is 0 Å². The molecule has 4 aromatic rings. The van der Waals surface area contributed by atoms with E-state index in [2.05, 4.69) is 20.4 Å². The molecule has 1 aliphatic rings. The first-order valence-corrected chi connectivity index (χ1v) is 9.74. The van der Waals surface area contributed by atoms with Crippen molar-refractivity contribution in [2.75, 3.05) is 6.54 Å². The molecule has 1 atom stereocenters. The maximum absolute atomic E-state index is 13.2. The number of fused-ring (bicyclic) bond motifs is 1. The van der Waals surface area contributed by atoms with Gasteiger partial charge in [0.2, 0.25) is 0 Å². The standard InChI is InChI=1S/C22H20N4O3/c1-13(16-5-2-3-9-23-16)12-24-21(27)15-11-17(18-6-4-10-28-18)25-22-19(15)20(26-29-22)14-7-8-14/h2-6,9-11,13-14H,7-8,12H2,1H3,(H,24,27). The number of carbonyl (C=O) groups excluding carboxylic acids is 1. The Morgan fingerprint density at radius 2 is 2.17 bits per heavy atom. The predicted molar refractivity (Wildman–Crippen MR) is 106 cm³/mol. The fraction of sp³-hybridized carbons (Fsp3) is 0.273. The van der Waals surface area contributed by atoms with Gasteiger partial charge in [0.1, 0.15) is 5.69 Å². The SMILES string of the molecule is CC(CNC(=O)c1cc(-c2ccco2)nc2onc(C3CC3)c12)c1ccccn1. The molecule has 1 saturated carbocycles. The fourth-order valence-electron chi connectivity index (χ4n) is 3.45. The molecule has 29 heavy (non-hydrogen) atoms. The Hall–Kier alpha value is -3.48. The summed E-state index contributed by atoms with van der Waals surface area (Å²) in [5.41, 5.74) is 3.18. The first kappa shape index (κ1) is 17.6. The van der Waals surface area contributed by atoms with Gasteiger partial charge in [0.15, 0.2) is 5.76 Å². The minimum atomic E-state index is -0.182. The van der Waals surface area contributed by atoms with E-state index in [4.69, 9.17) is 8.94 Å². The lowest BCUT2D eigenvalue weighted by Crippen LogP contribution is -2.28. The zero-order valence-electron chi connectivity index (χ0n) is 16.0. The quantitative estimate of drug-likeness (QED) is 0.530. The maximum Gasteiger partial charge on any atom is 0.259 e. The zero-order valence-corrected chi connectivity index (χ0v) is 16.0. The Bertz CT molecular complexity index is 1150. The Morgan fingerprint density at radius 3 is 2.90 bits per heavy atom. The van der Waals surface area contributed by atoms with Crippen LogP contribution in [-0.2, 0) is 0 Å². The molecule has 4 heterocycles. The van der Waals surface area contributed by atoms with Crippen LogP contribution in [0.1, 0.15) is 53.3 Å². The number of rotatable bonds is 6. The molecule has 1 fully saturated rings. The van der Waals surface area contributed by atoms with Crippen LogP contribution in [0.2, 0.25) is 0 Å². The molecule has 5 rings (SSSR count). The largest absolute Gasteiger partial charge is 0.463 e. The lowest BCUT2D eigenvalue weighted by atomic mass is 10.0. The molecule has 1 N–H and O–H groups in total. The second kappa shape index (κ2) is 7.16. The van der Waals surface area contributed by atoms with Crippen molar-refractivity contribution in [3.05, 3.63) is 65.8 Å². The third kappa shape index (κ3) is 3.40. The van der Waals surface area contributed by atoms with Crippen molar-refractivity contribution in [3.8, 4) is 11.5 Å². The predicted octanol–water partition coefficient (Wildman–Crippen LogP) is 4.29. The van der Waals surface area contributed by atoms with E-state index in [1.165, 1.54) is 0 Å². The van der Waals surface area contributed by atoms with E-state index in [1.54, 1.807) is 30.7 Å². The van der Waals surface area contributed by atoms with Crippen molar-refractivity contribution in [3.63, 3.8) is 0 Å². The van der Waals surface area contributed by atoms with Crippen LogP contribution in [0.25, 0.3) is 22.6 Å². The van der Waals surface area contributed by atoms with Crippen molar-refractivity contribution >= 4 is 17.0 Å². The second-order valence-electron chi connectivity index (χ2n) is 7.42.